The molecule has 11 heteroatoms. The van der Waals surface area contributed by atoms with Crippen LogP contribution in [0.3, 0.4) is 0 Å². The largest absolute Gasteiger partial charge is 0.345 e. The summed E-state index contributed by atoms with van der Waals surface area (Å²) < 4.78 is 29.0. The number of rotatable bonds is 6. The van der Waals surface area contributed by atoms with Gasteiger partial charge in [-0.25, -0.2) is 8.42 Å². The Bertz CT molecular complexity index is 1600. The minimum absolute atomic E-state index is 0.0239. The number of anilines is 1. The lowest BCUT2D eigenvalue weighted by molar-refractivity contribution is 0.0941. The fraction of sp³-hybridized carbons (Fsp3) is 0.0833. The molecule has 1 unspecified atom stereocenters. The highest BCUT2D eigenvalue weighted by molar-refractivity contribution is 7.93. The molecule has 4 rings (SSSR count). The van der Waals surface area contributed by atoms with Crippen LogP contribution in [0.25, 0.3) is 11.0 Å². The van der Waals surface area contributed by atoms with Gasteiger partial charge in [0.25, 0.3) is 15.9 Å². The van der Waals surface area contributed by atoms with Gasteiger partial charge in [0.05, 0.1) is 34.4 Å². The minimum atomic E-state index is -4.19. The molecule has 0 radical (unpaired) electrons. The lowest BCUT2D eigenvalue weighted by Crippen LogP contribution is -2.28. The van der Waals surface area contributed by atoms with E-state index in [1.807, 2.05) is 6.07 Å². The van der Waals surface area contributed by atoms with E-state index in [0.717, 1.165) is 0 Å². The van der Waals surface area contributed by atoms with Gasteiger partial charge in [0, 0.05) is 22.4 Å². The predicted octanol–water partition coefficient (Wildman–Crippen LogP) is 5.10. The number of fused-ring (bicyclic) bond motifs is 1. The molecule has 0 saturated heterocycles. The first-order chi connectivity index (χ1) is 16.7. The Morgan fingerprint density at radius 1 is 1.06 bits per heavy atom. The minimum Gasteiger partial charge on any atom is -0.345 e. The quantitative estimate of drug-likeness (QED) is 0.360. The van der Waals surface area contributed by atoms with Crippen LogP contribution in [0.4, 0.5) is 5.69 Å². The van der Waals surface area contributed by atoms with Crippen molar-refractivity contribution in [1.82, 2.24) is 15.3 Å². The number of amides is 1. The van der Waals surface area contributed by atoms with Gasteiger partial charge in [-0.05, 0) is 55.0 Å². The van der Waals surface area contributed by atoms with E-state index in [1.54, 1.807) is 37.3 Å². The lowest BCUT2D eigenvalue weighted by atomic mass is 10.1. The van der Waals surface area contributed by atoms with Crippen LogP contribution in [0.5, 0.6) is 0 Å². The van der Waals surface area contributed by atoms with E-state index in [4.69, 9.17) is 23.2 Å². The molecular weight excluding hydrogens is 509 g/mol. The number of hydrogen-bond donors (Lipinski definition) is 2. The molecule has 1 atom stereocenters. The summed E-state index contributed by atoms with van der Waals surface area (Å²) in [7, 11) is -4.19. The molecule has 0 saturated carbocycles. The van der Waals surface area contributed by atoms with Crippen molar-refractivity contribution in [3.63, 3.8) is 0 Å². The van der Waals surface area contributed by atoms with Gasteiger partial charge in [-0.1, -0.05) is 35.3 Å². The number of nitrogens with one attached hydrogen (secondary N) is 2. The zero-order valence-corrected chi connectivity index (χ0v) is 20.5. The Morgan fingerprint density at radius 3 is 2.57 bits per heavy atom. The summed E-state index contributed by atoms with van der Waals surface area (Å²) in [6.45, 7) is 1.73. The third kappa shape index (κ3) is 5.20. The number of aromatic nitrogens is 2. The second kappa shape index (κ2) is 9.88. The Labute approximate surface area is 211 Å². The molecule has 1 amide bonds. The van der Waals surface area contributed by atoms with Gasteiger partial charge in [-0.2, -0.15) is 5.26 Å². The van der Waals surface area contributed by atoms with Crippen LogP contribution in [0.1, 0.15) is 34.5 Å². The molecule has 1 heterocycles. The number of carbonyl (C=O) groups excluding carboxylic acids is 1. The van der Waals surface area contributed by atoms with Gasteiger partial charge in [-0.15, -0.1) is 0 Å². The number of benzene rings is 3. The molecule has 1 aromatic heterocycles. The Hall–Kier alpha value is -3.71. The number of nitrogens with zero attached hydrogens (tertiary/aromatic N) is 3. The molecule has 0 aliphatic rings. The Morgan fingerprint density at radius 2 is 1.83 bits per heavy atom. The van der Waals surface area contributed by atoms with Crippen LogP contribution in [0.15, 0.2) is 71.9 Å². The fourth-order valence-corrected chi connectivity index (χ4v) is 5.29. The van der Waals surface area contributed by atoms with Crippen LogP contribution < -0.4 is 10.0 Å². The van der Waals surface area contributed by atoms with E-state index < -0.39 is 22.0 Å². The van der Waals surface area contributed by atoms with Crippen LogP contribution in [0, 0.1) is 11.3 Å². The Balaban J connectivity index is 1.69. The smallest absolute Gasteiger partial charge is 0.264 e. The van der Waals surface area contributed by atoms with Gasteiger partial charge in [-0.3, -0.25) is 19.5 Å². The van der Waals surface area contributed by atoms with Crippen molar-refractivity contribution in [2.45, 2.75) is 17.9 Å². The molecule has 0 aliphatic heterocycles. The molecule has 2 N–H and O–H groups in total. The third-order valence-corrected chi connectivity index (χ3v) is 7.12. The number of sulfonamides is 1. The molecule has 176 valence electrons. The summed E-state index contributed by atoms with van der Waals surface area (Å²) in [5, 5.41) is 13.0. The highest BCUT2D eigenvalue weighted by Gasteiger charge is 2.23. The summed E-state index contributed by atoms with van der Waals surface area (Å²) in [5.74, 6) is -0.566. The van der Waals surface area contributed by atoms with Gasteiger partial charge < -0.3 is 5.32 Å². The lowest BCUT2D eigenvalue weighted by Gasteiger charge is -2.18. The zero-order valence-electron chi connectivity index (χ0n) is 18.2. The topological polar surface area (TPSA) is 125 Å². The first-order valence-electron chi connectivity index (χ1n) is 10.2. The van der Waals surface area contributed by atoms with E-state index in [1.165, 1.54) is 36.7 Å². The van der Waals surface area contributed by atoms with Crippen molar-refractivity contribution in [2.24, 2.45) is 0 Å². The van der Waals surface area contributed by atoms with E-state index >= 15 is 0 Å². The third-order valence-electron chi connectivity index (χ3n) is 5.17. The molecule has 8 nitrogen and oxygen atoms in total. The summed E-state index contributed by atoms with van der Waals surface area (Å²) in [4.78, 5) is 21.3. The number of hydrogen-bond acceptors (Lipinski definition) is 6. The van der Waals surface area contributed by atoms with Crippen LogP contribution in [-0.4, -0.2) is 24.3 Å². The van der Waals surface area contributed by atoms with Crippen LogP contribution in [-0.2, 0) is 10.0 Å². The number of nitriles is 1. The molecule has 0 fully saturated rings. The summed E-state index contributed by atoms with van der Waals surface area (Å²) in [6, 6.07) is 15.0. The molecular formula is C24H17Cl2N5O3S. The standard InChI is InChI=1S/C24H17Cl2N5O3S/c1-14(17-8-6-16(25)12-19(17)26)30-24(32)18-7-5-15(13-27)11-21(18)31-35(33,34)22-4-2-3-20-23(22)29-10-9-28-20/h2-12,14,31H,1H3,(H,30,32). The van der Waals surface area contributed by atoms with Crippen LogP contribution >= 0.6 is 23.2 Å². The van der Waals surface area contributed by atoms with Crippen molar-refractivity contribution in [2.75, 3.05) is 4.72 Å². The average molecular weight is 526 g/mol. The zero-order chi connectivity index (χ0) is 25.2. The fourth-order valence-electron chi connectivity index (χ4n) is 3.48. The predicted molar refractivity (Wildman–Crippen MR) is 134 cm³/mol. The highest BCUT2D eigenvalue weighted by atomic mass is 35.5. The second-order valence-electron chi connectivity index (χ2n) is 7.52. The first-order valence-corrected chi connectivity index (χ1v) is 12.5. The van der Waals surface area contributed by atoms with Gasteiger partial charge in [0.1, 0.15) is 10.4 Å². The molecule has 4 aromatic rings. The molecule has 0 aliphatic carbocycles. The van der Waals surface area contributed by atoms with E-state index in [9.17, 15) is 18.5 Å². The number of carbonyl (C=O) groups is 1. The number of halogens is 2. The van der Waals surface area contributed by atoms with E-state index in [-0.39, 0.29) is 27.2 Å². The average Bonchev–Trinajstić information content (AvgIpc) is 2.83. The molecule has 0 bridgehead atoms. The van der Waals surface area contributed by atoms with E-state index in [0.29, 0.717) is 21.1 Å². The monoisotopic (exact) mass is 525 g/mol. The highest BCUT2D eigenvalue weighted by Crippen LogP contribution is 2.28. The summed E-state index contributed by atoms with van der Waals surface area (Å²) >= 11 is 12.2. The Kier molecular flexibility index (Phi) is 6.89. The number of para-hydroxylation sites is 1. The summed E-state index contributed by atoms with van der Waals surface area (Å²) in [6.07, 6.45) is 2.85. The molecule has 3 aromatic carbocycles. The van der Waals surface area contributed by atoms with E-state index in [2.05, 4.69) is 20.0 Å². The normalized spacial score (nSPS) is 12.1. The second-order valence-corrected chi connectivity index (χ2v) is 10.0. The van der Waals surface area contributed by atoms with Crippen molar-refractivity contribution in [1.29, 1.82) is 5.26 Å². The maximum Gasteiger partial charge on any atom is 0.264 e. The molecule has 0 spiro atoms. The SMILES string of the molecule is CC(NC(=O)c1ccc(C#N)cc1NS(=O)(=O)c1cccc2nccnc12)c1ccc(Cl)cc1Cl. The maximum atomic E-state index is 13.3. The van der Waals surface area contributed by atoms with Crippen molar-refractivity contribution in [3.8, 4) is 6.07 Å². The van der Waals surface area contributed by atoms with Gasteiger partial charge >= 0.3 is 0 Å². The molecule has 35 heavy (non-hydrogen) atoms. The van der Waals surface area contributed by atoms with Crippen molar-refractivity contribution >= 4 is 55.9 Å². The van der Waals surface area contributed by atoms with Gasteiger partial charge in [0.2, 0.25) is 0 Å². The van der Waals surface area contributed by atoms with Crippen molar-refractivity contribution in [3.05, 3.63) is 93.7 Å². The summed E-state index contributed by atoms with van der Waals surface area (Å²) in [5.41, 5.74) is 1.34. The van der Waals surface area contributed by atoms with Crippen molar-refractivity contribution < 1.29 is 13.2 Å². The van der Waals surface area contributed by atoms with Gasteiger partial charge in [0.15, 0.2) is 0 Å². The first kappa shape index (κ1) is 24.4. The maximum absolute atomic E-state index is 13.3. The van der Waals surface area contributed by atoms with Crippen LogP contribution in [0.2, 0.25) is 10.0 Å².